The molecule has 1 spiro atoms. The number of esters is 3. The summed E-state index contributed by atoms with van der Waals surface area (Å²) in [5, 5.41) is 32.8. The van der Waals surface area contributed by atoms with Crippen molar-refractivity contribution in [2.45, 2.75) is 122 Å². The highest BCUT2D eigenvalue weighted by Gasteiger charge is 2.60. The number of hydrogen-bond donors (Lipinski definition) is 3. The number of methoxy groups -OCH3 is 1. The lowest BCUT2D eigenvalue weighted by Crippen LogP contribution is -2.54. The number of carbonyl (C=O) groups is 4. The van der Waals surface area contributed by atoms with Crippen LogP contribution in [0.15, 0.2) is 65.7 Å². The number of carbonyl (C=O) groups excluding carboxylic acids is 3. The molecule has 1 saturated heterocycles. The van der Waals surface area contributed by atoms with Crippen molar-refractivity contribution in [3.8, 4) is 5.75 Å². The minimum absolute atomic E-state index is 0.00624. The molecule has 1 aromatic carbocycles. The van der Waals surface area contributed by atoms with Crippen LogP contribution in [0.3, 0.4) is 0 Å². The molecule has 7 rings (SSSR count). The quantitative estimate of drug-likeness (QED) is 0.163. The highest BCUT2D eigenvalue weighted by atomic mass is 16.7. The lowest BCUT2D eigenvalue weighted by atomic mass is 9.55. The number of rotatable bonds is 6. The van der Waals surface area contributed by atoms with E-state index in [2.05, 4.69) is 12.2 Å². The molecule has 3 aliphatic carbocycles. The molecule has 1 saturated carbocycles. The van der Waals surface area contributed by atoms with Crippen molar-refractivity contribution < 1.29 is 62.9 Å². The van der Waals surface area contributed by atoms with Gasteiger partial charge < -0.3 is 43.7 Å². The first-order chi connectivity index (χ1) is 27.2. The predicted molar refractivity (Wildman–Crippen MR) is 204 cm³/mol. The average Bonchev–Trinajstić information content (AvgIpc) is 3.39. The van der Waals surface area contributed by atoms with E-state index in [0.29, 0.717) is 37.0 Å². The normalized spacial score (nSPS) is 38.6. The van der Waals surface area contributed by atoms with Gasteiger partial charge >= 0.3 is 23.9 Å². The number of ether oxygens (including phenoxy) is 6. The number of carboxylic acids is 1. The molecule has 6 aliphatic rings. The second-order valence-corrected chi connectivity index (χ2v) is 16.8. The van der Waals surface area contributed by atoms with E-state index in [1.807, 2.05) is 13.0 Å². The summed E-state index contributed by atoms with van der Waals surface area (Å²) in [6.45, 7) is 7.08. The zero-order valence-electron chi connectivity index (χ0n) is 33.2. The maximum Gasteiger partial charge on any atom is 0.379 e. The van der Waals surface area contributed by atoms with Gasteiger partial charge in [0.25, 0.3) is 5.76 Å². The van der Waals surface area contributed by atoms with Crippen LogP contribution in [0.5, 0.6) is 5.75 Å². The summed E-state index contributed by atoms with van der Waals surface area (Å²) in [4.78, 5) is 53.5. The second-order valence-electron chi connectivity index (χ2n) is 16.8. The van der Waals surface area contributed by atoms with Crippen LogP contribution >= 0.6 is 0 Å². The molecular formula is C44H54O13. The number of aliphatic hydroxyl groups excluding tert-OH is 2. The van der Waals surface area contributed by atoms with E-state index < -0.39 is 82.8 Å². The Balaban J connectivity index is 1.11. The number of hydrogen-bond acceptors (Lipinski definition) is 12. The standard InChI is InChI=1S/C44H54O13/c1-23-12-10-17-33(52-5)35(23)40(49)55-36-25(3)53-34(21-31(36)45)54-32-16-11-15-30-28(32)19-18-26-13-8-6-7-9-14-27-20-29(39(47)48)24(2)22-44(27)38(46)37(41(50)57-44)56-42(51)43(26,30)4/h9-10,12,14,17-20,24-28,30-32,34,36,45-46H,6-8,11,13,15-16,21-22H2,1-5H3,(H,47,48)/b14-9-/t24-,25-,26+,27-,28+,30-,31-,32-,34+,36+,43-,44-/m1/s1. The van der Waals surface area contributed by atoms with Gasteiger partial charge in [-0.05, 0) is 82.3 Å². The Hall–Kier alpha value is -4.46. The predicted octanol–water partition coefficient (Wildman–Crippen LogP) is 6.42. The molecule has 13 heteroatoms. The smallest absolute Gasteiger partial charge is 0.379 e. The molecule has 0 aromatic heterocycles. The maximum atomic E-state index is 14.6. The number of allylic oxidation sites excluding steroid dienone is 2. The third-order valence-corrected chi connectivity index (χ3v) is 13.3. The van der Waals surface area contributed by atoms with Crippen LogP contribution in [-0.2, 0) is 38.1 Å². The highest BCUT2D eigenvalue weighted by molar-refractivity contribution is 5.95. The highest BCUT2D eigenvalue weighted by Crippen LogP contribution is 2.55. The second kappa shape index (κ2) is 16.1. The van der Waals surface area contributed by atoms with Crippen molar-refractivity contribution in [2.24, 2.45) is 35.0 Å². The van der Waals surface area contributed by atoms with Gasteiger partial charge in [-0.25, -0.2) is 14.4 Å². The number of carboxylic acid groups (broad SMARTS) is 1. The fraction of sp³-hybridized carbons (Fsp3) is 0.591. The Bertz CT molecular complexity index is 1880. The van der Waals surface area contributed by atoms with Gasteiger partial charge in [0.1, 0.15) is 11.3 Å². The Labute approximate surface area is 332 Å². The first-order valence-electron chi connectivity index (χ1n) is 20.2. The molecule has 2 bridgehead atoms. The number of aliphatic hydroxyl groups is 2. The first-order valence-corrected chi connectivity index (χ1v) is 20.2. The summed E-state index contributed by atoms with van der Waals surface area (Å²) in [6, 6.07) is 5.24. The van der Waals surface area contributed by atoms with E-state index in [1.165, 1.54) is 13.2 Å². The number of benzene rings is 1. The topological polar surface area (TPSA) is 184 Å². The van der Waals surface area contributed by atoms with Crippen molar-refractivity contribution in [1.29, 1.82) is 0 Å². The average molecular weight is 791 g/mol. The molecule has 3 aliphatic heterocycles. The summed E-state index contributed by atoms with van der Waals surface area (Å²) < 4.78 is 35.9. The summed E-state index contributed by atoms with van der Waals surface area (Å²) in [5.41, 5.74) is -1.59. The summed E-state index contributed by atoms with van der Waals surface area (Å²) >= 11 is 0. The lowest BCUT2D eigenvalue weighted by Gasteiger charge is -2.51. The van der Waals surface area contributed by atoms with Crippen molar-refractivity contribution in [1.82, 2.24) is 0 Å². The molecule has 57 heavy (non-hydrogen) atoms. The molecule has 0 unspecified atom stereocenters. The van der Waals surface area contributed by atoms with E-state index in [-0.39, 0.29) is 47.8 Å². The van der Waals surface area contributed by atoms with Crippen LogP contribution in [0.2, 0.25) is 0 Å². The van der Waals surface area contributed by atoms with Crippen molar-refractivity contribution in [3.05, 3.63) is 76.8 Å². The van der Waals surface area contributed by atoms with E-state index >= 15 is 0 Å². The number of aliphatic carboxylic acids is 1. The van der Waals surface area contributed by atoms with Crippen molar-refractivity contribution in [2.75, 3.05) is 7.11 Å². The maximum absolute atomic E-state index is 14.6. The molecule has 12 atom stereocenters. The summed E-state index contributed by atoms with van der Waals surface area (Å²) in [7, 11) is 1.48. The van der Waals surface area contributed by atoms with Crippen LogP contribution in [0, 0.1) is 41.9 Å². The fourth-order valence-corrected chi connectivity index (χ4v) is 10.2. The van der Waals surface area contributed by atoms with Gasteiger partial charge in [-0.3, -0.25) is 4.79 Å². The Kier molecular flexibility index (Phi) is 11.5. The molecule has 0 radical (unpaired) electrons. The molecule has 2 fully saturated rings. The van der Waals surface area contributed by atoms with E-state index in [0.717, 1.165) is 19.3 Å². The van der Waals surface area contributed by atoms with Gasteiger partial charge in [-0.2, -0.15) is 0 Å². The summed E-state index contributed by atoms with van der Waals surface area (Å²) in [5.74, 6) is -6.05. The van der Waals surface area contributed by atoms with Crippen LogP contribution in [-0.4, -0.2) is 82.6 Å². The largest absolute Gasteiger partial charge is 0.505 e. The first kappa shape index (κ1) is 40.7. The Morgan fingerprint density at radius 1 is 1.02 bits per heavy atom. The van der Waals surface area contributed by atoms with Gasteiger partial charge in [0.15, 0.2) is 23.8 Å². The van der Waals surface area contributed by atoms with Gasteiger partial charge in [0.2, 0.25) is 0 Å². The van der Waals surface area contributed by atoms with Crippen molar-refractivity contribution >= 4 is 23.9 Å². The van der Waals surface area contributed by atoms with Gasteiger partial charge in [0, 0.05) is 30.3 Å². The van der Waals surface area contributed by atoms with Crippen LogP contribution in [0.25, 0.3) is 0 Å². The number of aryl methyl sites for hydroxylation is 1. The molecule has 3 heterocycles. The molecule has 308 valence electrons. The molecule has 0 amide bonds. The van der Waals surface area contributed by atoms with E-state index in [9.17, 15) is 34.5 Å². The fourth-order valence-electron chi connectivity index (χ4n) is 10.2. The Morgan fingerprint density at radius 3 is 2.54 bits per heavy atom. The minimum atomic E-state index is -1.60. The molecule has 3 N–H and O–H groups in total. The van der Waals surface area contributed by atoms with Crippen LogP contribution in [0.1, 0.15) is 94.5 Å². The van der Waals surface area contributed by atoms with E-state index in [4.69, 9.17) is 28.4 Å². The summed E-state index contributed by atoms with van der Waals surface area (Å²) in [6.07, 6.45) is 10.6. The Morgan fingerprint density at radius 2 is 1.81 bits per heavy atom. The monoisotopic (exact) mass is 790 g/mol. The lowest BCUT2D eigenvalue weighted by molar-refractivity contribution is -0.269. The van der Waals surface area contributed by atoms with Gasteiger partial charge in [-0.15, -0.1) is 0 Å². The minimum Gasteiger partial charge on any atom is -0.505 e. The zero-order valence-corrected chi connectivity index (χ0v) is 33.2. The number of fused-ring (bicyclic) bond motifs is 3. The van der Waals surface area contributed by atoms with Crippen molar-refractivity contribution in [3.63, 3.8) is 0 Å². The third-order valence-electron chi connectivity index (χ3n) is 13.3. The SMILES string of the molecule is COc1cccc(C)c1C(=O)O[C@@H]1[C@H](O)C[C@H](O[C@@H]2CCC[C@@H]3[C@@H]2C=C[C@@H]2CCCC/C=C\[C@@H]4C=C(C(=O)O)[C@H](C)C[C@@]45OC(=O)C(=C5O)OC(=O)[C@]23C)O[C@@H]1C. The third kappa shape index (κ3) is 7.31. The molecule has 13 nitrogen and oxygen atoms in total. The van der Waals surface area contributed by atoms with Crippen LogP contribution < -0.4 is 4.74 Å². The van der Waals surface area contributed by atoms with Crippen LogP contribution in [0.4, 0.5) is 0 Å². The van der Waals surface area contributed by atoms with Gasteiger partial charge in [0.05, 0.1) is 30.8 Å². The zero-order chi connectivity index (χ0) is 40.8. The molecular weight excluding hydrogens is 736 g/mol. The molecule has 1 aromatic rings. The van der Waals surface area contributed by atoms with E-state index in [1.54, 1.807) is 45.0 Å². The van der Waals surface area contributed by atoms with Gasteiger partial charge in [-0.1, -0.05) is 62.3 Å².